The van der Waals surface area contributed by atoms with Gasteiger partial charge >= 0.3 is 0 Å². The number of thiocarbonyl (C=S) groups is 1. The number of ether oxygens (including phenoxy) is 1. The van der Waals surface area contributed by atoms with Gasteiger partial charge in [0.2, 0.25) is 5.91 Å². The Morgan fingerprint density at radius 2 is 1.54 bits per heavy atom. The molecule has 2 aliphatic heterocycles. The van der Waals surface area contributed by atoms with E-state index in [4.69, 9.17) is 17.0 Å². The molecule has 0 saturated carbocycles. The Kier molecular flexibility index (Phi) is 7.98. The van der Waals surface area contributed by atoms with Crippen molar-refractivity contribution in [2.75, 3.05) is 18.6 Å². The molecule has 3 aromatic carbocycles. The lowest BCUT2D eigenvalue weighted by atomic mass is 10.1. The molecule has 8 heteroatoms. The van der Waals surface area contributed by atoms with Crippen molar-refractivity contribution in [3.05, 3.63) is 83.3 Å². The lowest BCUT2D eigenvalue weighted by Crippen LogP contribution is -2.29. The first-order valence-corrected chi connectivity index (χ1v) is 14.2. The van der Waals surface area contributed by atoms with Crippen molar-refractivity contribution in [3.63, 3.8) is 0 Å². The number of para-hydroxylation sites is 2. The fraction of sp³-hybridized carbons (Fsp3) is 0.207. The van der Waals surface area contributed by atoms with Gasteiger partial charge in [0, 0.05) is 22.8 Å². The van der Waals surface area contributed by atoms with Gasteiger partial charge in [-0.2, -0.15) is 0 Å². The number of fused-ring (bicyclic) bond motifs is 2. The predicted octanol–water partition coefficient (Wildman–Crippen LogP) is 7.29. The van der Waals surface area contributed by atoms with Crippen LogP contribution in [0.15, 0.2) is 87.5 Å². The number of carbonyl (C=O) groups excluding carboxylic acids is 2. The first-order chi connectivity index (χ1) is 18.0. The summed E-state index contributed by atoms with van der Waals surface area (Å²) in [5, 5.41) is 0. The lowest BCUT2D eigenvalue weighted by Gasteiger charge is -2.31. The predicted molar refractivity (Wildman–Crippen MR) is 155 cm³/mol. The van der Waals surface area contributed by atoms with Gasteiger partial charge in [-0.1, -0.05) is 78.6 Å². The Labute approximate surface area is 230 Å². The zero-order chi connectivity index (χ0) is 25.8. The Balaban J connectivity index is 1.15. The Bertz CT molecular complexity index is 1330. The Morgan fingerprint density at radius 1 is 0.892 bits per heavy atom. The molecule has 2 aliphatic rings. The molecule has 0 N–H and O–H groups in total. The molecule has 188 valence electrons. The number of unbranched alkanes of at least 4 members (excludes halogenated alkanes) is 2. The minimum atomic E-state index is -0.0547. The molecule has 1 saturated heterocycles. The van der Waals surface area contributed by atoms with Crippen molar-refractivity contribution in [2.24, 2.45) is 0 Å². The SMILES string of the molecule is COc1ccc(C=C2SC(=S)N(CCCCCC(=O)N3c4ccccc4Sc4ccccc43)C2=O)cc1. The van der Waals surface area contributed by atoms with E-state index in [1.807, 2.05) is 71.6 Å². The monoisotopic (exact) mass is 546 g/mol. The Hall–Kier alpha value is -3.07. The smallest absolute Gasteiger partial charge is 0.266 e. The van der Waals surface area contributed by atoms with Crippen LogP contribution in [0, 0.1) is 0 Å². The summed E-state index contributed by atoms with van der Waals surface area (Å²) in [6.45, 7) is 0.560. The highest BCUT2D eigenvalue weighted by atomic mass is 32.2. The highest BCUT2D eigenvalue weighted by Gasteiger charge is 2.31. The summed E-state index contributed by atoms with van der Waals surface area (Å²) in [6, 6.07) is 23.6. The van der Waals surface area contributed by atoms with E-state index in [-0.39, 0.29) is 11.8 Å². The average molecular weight is 547 g/mol. The highest BCUT2D eigenvalue weighted by molar-refractivity contribution is 8.26. The fourth-order valence-electron chi connectivity index (χ4n) is 4.35. The van der Waals surface area contributed by atoms with Crippen LogP contribution >= 0.6 is 35.7 Å². The molecule has 2 heterocycles. The van der Waals surface area contributed by atoms with Gasteiger partial charge in [0.05, 0.1) is 23.4 Å². The summed E-state index contributed by atoms with van der Waals surface area (Å²) in [4.78, 5) is 32.6. The van der Waals surface area contributed by atoms with Gasteiger partial charge in [-0.15, -0.1) is 0 Å². The normalized spacial score (nSPS) is 15.6. The van der Waals surface area contributed by atoms with Crippen LogP contribution in [-0.2, 0) is 9.59 Å². The zero-order valence-corrected chi connectivity index (χ0v) is 22.8. The highest BCUT2D eigenvalue weighted by Crippen LogP contribution is 2.48. The van der Waals surface area contributed by atoms with Crippen LogP contribution in [0.5, 0.6) is 5.75 Å². The molecule has 5 rings (SSSR count). The van der Waals surface area contributed by atoms with Gasteiger partial charge in [-0.3, -0.25) is 19.4 Å². The number of carbonyl (C=O) groups is 2. The maximum atomic E-state index is 13.3. The lowest BCUT2D eigenvalue weighted by molar-refractivity contribution is -0.122. The van der Waals surface area contributed by atoms with Crippen molar-refractivity contribution in [2.45, 2.75) is 35.5 Å². The third kappa shape index (κ3) is 5.61. The van der Waals surface area contributed by atoms with Gasteiger partial charge in [-0.25, -0.2) is 0 Å². The minimum Gasteiger partial charge on any atom is -0.497 e. The molecule has 0 atom stereocenters. The maximum absolute atomic E-state index is 13.3. The second-order valence-electron chi connectivity index (χ2n) is 8.68. The molecule has 37 heavy (non-hydrogen) atoms. The van der Waals surface area contributed by atoms with E-state index in [9.17, 15) is 9.59 Å². The van der Waals surface area contributed by atoms with Crippen LogP contribution < -0.4 is 9.64 Å². The zero-order valence-electron chi connectivity index (χ0n) is 20.4. The molecule has 0 spiro atoms. The number of nitrogens with zero attached hydrogens (tertiary/aromatic N) is 2. The van der Waals surface area contributed by atoms with Crippen molar-refractivity contribution >= 4 is 69.3 Å². The first-order valence-electron chi connectivity index (χ1n) is 12.1. The average Bonchev–Trinajstić information content (AvgIpc) is 3.19. The number of anilines is 2. The van der Waals surface area contributed by atoms with Gasteiger partial charge in [-0.05, 0) is 60.9 Å². The minimum absolute atomic E-state index is 0.0547. The standard InChI is InChI=1S/C29H26N2O3S3/c1-34-21-16-14-20(15-17-21)19-26-28(33)30(29(35)37-26)18-8-2-3-13-27(32)31-22-9-4-6-11-24(22)36-25-12-7-5-10-23(25)31/h4-7,9-12,14-17,19H,2-3,8,13,18H2,1H3. The molecule has 5 nitrogen and oxygen atoms in total. The fourth-order valence-corrected chi connectivity index (χ4v) is 6.72. The quantitative estimate of drug-likeness (QED) is 0.168. The maximum Gasteiger partial charge on any atom is 0.266 e. The number of methoxy groups -OCH3 is 1. The van der Waals surface area contributed by atoms with E-state index in [2.05, 4.69) is 12.1 Å². The Morgan fingerprint density at radius 3 is 2.19 bits per heavy atom. The number of hydrogen-bond acceptors (Lipinski definition) is 6. The number of hydrogen-bond donors (Lipinski definition) is 0. The molecular formula is C29H26N2O3S3. The van der Waals surface area contributed by atoms with E-state index in [1.165, 1.54) is 11.8 Å². The largest absolute Gasteiger partial charge is 0.497 e. The summed E-state index contributed by atoms with van der Waals surface area (Å²) in [6.07, 6.45) is 4.70. The summed E-state index contributed by atoms with van der Waals surface area (Å²) in [5.41, 5.74) is 2.81. The number of thioether (sulfide) groups is 1. The van der Waals surface area contributed by atoms with Gasteiger partial charge in [0.15, 0.2) is 0 Å². The third-order valence-corrected chi connectivity index (χ3v) is 8.75. The molecular weight excluding hydrogens is 521 g/mol. The topological polar surface area (TPSA) is 49.9 Å². The molecule has 0 aliphatic carbocycles. The second kappa shape index (κ2) is 11.5. The van der Waals surface area contributed by atoms with E-state index < -0.39 is 0 Å². The number of amides is 2. The van der Waals surface area contributed by atoms with Gasteiger partial charge < -0.3 is 4.74 Å². The van der Waals surface area contributed by atoms with E-state index >= 15 is 0 Å². The molecule has 0 aromatic heterocycles. The second-order valence-corrected chi connectivity index (χ2v) is 11.4. The van der Waals surface area contributed by atoms with Crippen molar-refractivity contribution in [1.29, 1.82) is 0 Å². The van der Waals surface area contributed by atoms with E-state index in [1.54, 1.807) is 23.8 Å². The molecule has 0 radical (unpaired) electrons. The molecule has 2 amide bonds. The summed E-state index contributed by atoms with van der Waals surface area (Å²) in [5.74, 6) is 0.810. The van der Waals surface area contributed by atoms with Gasteiger partial charge in [0.25, 0.3) is 5.91 Å². The number of benzene rings is 3. The van der Waals surface area contributed by atoms with Crippen molar-refractivity contribution in [1.82, 2.24) is 4.90 Å². The van der Waals surface area contributed by atoms with E-state index in [0.717, 1.165) is 51.7 Å². The summed E-state index contributed by atoms with van der Waals surface area (Å²) >= 11 is 8.51. The van der Waals surface area contributed by atoms with Crippen LogP contribution in [-0.4, -0.2) is 34.7 Å². The molecule has 0 bridgehead atoms. The van der Waals surface area contributed by atoms with Gasteiger partial charge in [0.1, 0.15) is 10.1 Å². The van der Waals surface area contributed by atoms with Crippen LogP contribution in [0.4, 0.5) is 11.4 Å². The molecule has 0 unspecified atom stereocenters. The summed E-state index contributed by atoms with van der Waals surface area (Å²) in [7, 11) is 1.63. The van der Waals surface area contributed by atoms with Crippen molar-refractivity contribution < 1.29 is 14.3 Å². The van der Waals surface area contributed by atoms with Crippen LogP contribution in [0.3, 0.4) is 0 Å². The van der Waals surface area contributed by atoms with Crippen LogP contribution in [0.2, 0.25) is 0 Å². The van der Waals surface area contributed by atoms with Crippen LogP contribution in [0.1, 0.15) is 31.2 Å². The van der Waals surface area contributed by atoms with Crippen LogP contribution in [0.25, 0.3) is 6.08 Å². The van der Waals surface area contributed by atoms with E-state index in [0.29, 0.717) is 22.2 Å². The summed E-state index contributed by atoms with van der Waals surface area (Å²) < 4.78 is 5.78. The third-order valence-electron chi connectivity index (χ3n) is 6.24. The molecule has 3 aromatic rings. The number of rotatable bonds is 8. The molecule has 1 fully saturated rings. The van der Waals surface area contributed by atoms with Crippen molar-refractivity contribution in [3.8, 4) is 5.75 Å². The first kappa shape index (κ1) is 25.6.